The maximum atomic E-state index is 11.7. The van der Waals surface area contributed by atoms with Crippen molar-refractivity contribution in [2.45, 2.75) is 19.8 Å². The van der Waals surface area contributed by atoms with Crippen molar-refractivity contribution in [1.29, 1.82) is 0 Å². The van der Waals surface area contributed by atoms with E-state index in [1.54, 1.807) is 31.2 Å². The molecule has 0 aliphatic rings. The number of aliphatic carboxylic acids is 1. The number of carboxylic acids is 1. The molecular formula is C12H13ClO3. The van der Waals surface area contributed by atoms with Crippen LogP contribution in [-0.2, 0) is 4.79 Å². The number of hydrogen-bond donors (Lipinski definition) is 1. The summed E-state index contributed by atoms with van der Waals surface area (Å²) in [7, 11) is 0. The van der Waals surface area contributed by atoms with Crippen LogP contribution < -0.4 is 0 Å². The lowest BCUT2D eigenvalue weighted by Gasteiger charge is -2.08. The Labute approximate surface area is 99.0 Å². The van der Waals surface area contributed by atoms with Gasteiger partial charge in [0, 0.05) is 17.0 Å². The Morgan fingerprint density at radius 2 is 1.88 bits per heavy atom. The molecule has 0 radical (unpaired) electrons. The van der Waals surface area contributed by atoms with Crippen LogP contribution >= 0.6 is 11.6 Å². The number of rotatable bonds is 5. The van der Waals surface area contributed by atoms with Gasteiger partial charge >= 0.3 is 5.97 Å². The first-order valence-electron chi connectivity index (χ1n) is 5.06. The van der Waals surface area contributed by atoms with Gasteiger partial charge in [0.05, 0.1) is 5.92 Å². The average molecular weight is 241 g/mol. The lowest BCUT2D eigenvalue weighted by Crippen LogP contribution is -2.17. The fourth-order valence-corrected chi connectivity index (χ4v) is 1.51. The van der Waals surface area contributed by atoms with Crippen molar-refractivity contribution in [3.8, 4) is 0 Å². The van der Waals surface area contributed by atoms with Crippen molar-refractivity contribution < 1.29 is 14.7 Å². The molecule has 0 saturated carbocycles. The van der Waals surface area contributed by atoms with Gasteiger partial charge in [-0.1, -0.05) is 18.5 Å². The molecule has 0 aliphatic heterocycles. The van der Waals surface area contributed by atoms with Gasteiger partial charge in [-0.25, -0.2) is 0 Å². The van der Waals surface area contributed by atoms with E-state index >= 15 is 0 Å². The van der Waals surface area contributed by atoms with Crippen LogP contribution in [0.2, 0.25) is 5.02 Å². The van der Waals surface area contributed by atoms with Gasteiger partial charge in [0.2, 0.25) is 0 Å². The minimum atomic E-state index is -0.926. The Kier molecular flexibility index (Phi) is 4.50. The molecule has 16 heavy (non-hydrogen) atoms. The molecule has 0 aliphatic carbocycles. The molecule has 0 amide bonds. The molecule has 0 fully saturated rings. The van der Waals surface area contributed by atoms with Crippen LogP contribution in [0, 0.1) is 5.92 Å². The zero-order valence-electron chi connectivity index (χ0n) is 8.94. The fraction of sp³-hybridized carbons (Fsp3) is 0.333. The summed E-state index contributed by atoms with van der Waals surface area (Å²) in [6.07, 6.45) is 0.488. The number of carbonyl (C=O) groups excluding carboxylic acids is 1. The Morgan fingerprint density at radius 3 is 2.31 bits per heavy atom. The highest BCUT2D eigenvalue weighted by molar-refractivity contribution is 6.30. The second-order valence-corrected chi connectivity index (χ2v) is 4.01. The minimum Gasteiger partial charge on any atom is -0.481 e. The van der Waals surface area contributed by atoms with Gasteiger partial charge in [-0.2, -0.15) is 0 Å². The average Bonchev–Trinajstić information content (AvgIpc) is 2.26. The number of halogens is 1. The van der Waals surface area contributed by atoms with E-state index in [2.05, 4.69) is 0 Å². The zero-order chi connectivity index (χ0) is 12.1. The molecule has 1 unspecified atom stereocenters. The molecule has 3 nitrogen and oxygen atoms in total. The van der Waals surface area contributed by atoms with E-state index in [9.17, 15) is 9.59 Å². The van der Waals surface area contributed by atoms with Gasteiger partial charge in [0.15, 0.2) is 5.78 Å². The molecule has 1 rings (SSSR count). The lowest BCUT2D eigenvalue weighted by atomic mass is 9.96. The van der Waals surface area contributed by atoms with Crippen molar-refractivity contribution in [2.24, 2.45) is 5.92 Å². The summed E-state index contributed by atoms with van der Waals surface area (Å²) in [6, 6.07) is 6.46. The van der Waals surface area contributed by atoms with E-state index in [1.807, 2.05) is 0 Å². The van der Waals surface area contributed by atoms with E-state index < -0.39 is 11.9 Å². The normalized spacial score (nSPS) is 12.1. The fourth-order valence-electron chi connectivity index (χ4n) is 1.38. The predicted molar refractivity (Wildman–Crippen MR) is 61.8 cm³/mol. The van der Waals surface area contributed by atoms with Crippen molar-refractivity contribution in [3.63, 3.8) is 0 Å². The third-order valence-corrected chi connectivity index (χ3v) is 2.69. The van der Waals surface area contributed by atoms with Gasteiger partial charge in [-0.15, -0.1) is 0 Å². The molecule has 1 aromatic carbocycles. The Morgan fingerprint density at radius 1 is 1.31 bits per heavy atom. The van der Waals surface area contributed by atoms with Crippen molar-refractivity contribution >= 4 is 23.4 Å². The maximum Gasteiger partial charge on any atom is 0.306 e. The summed E-state index contributed by atoms with van der Waals surface area (Å²) in [4.78, 5) is 22.5. The van der Waals surface area contributed by atoms with Gasteiger partial charge in [-0.05, 0) is 30.7 Å². The largest absolute Gasteiger partial charge is 0.481 e. The number of hydrogen-bond acceptors (Lipinski definition) is 2. The molecule has 0 bridgehead atoms. The smallest absolute Gasteiger partial charge is 0.306 e. The highest BCUT2D eigenvalue weighted by Gasteiger charge is 2.19. The van der Waals surface area contributed by atoms with Gasteiger partial charge in [0.25, 0.3) is 0 Å². The SMILES string of the molecule is CCC(CC(=O)c1ccc(Cl)cc1)C(=O)O. The molecule has 1 N–H and O–H groups in total. The molecule has 0 aromatic heterocycles. The lowest BCUT2D eigenvalue weighted by molar-refractivity contribution is -0.141. The summed E-state index contributed by atoms with van der Waals surface area (Å²) in [5.41, 5.74) is 0.504. The molecule has 4 heteroatoms. The van der Waals surface area contributed by atoms with Gasteiger partial charge < -0.3 is 5.11 Å². The van der Waals surface area contributed by atoms with E-state index in [0.29, 0.717) is 17.0 Å². The molecule has 0 spiro atoms. The van der Waals surface area contributed by atoms with Crippen LogP contribution in [-0.4, -0.2) is 16.9 Å². The number of Topliss-reactive ketones (excluding diaryl/α,β-unsaturated/α-hetero) is 1. The number of ketones is 1. The van der Waals surface area contributed by atoms with Crippen LogP contribution in [0.25, 0.3) is 0 Å². The molecule has 1 aromatic rings. The first-order chi connectivity index (χ1) is 7.54. The van der Waals surface area contributed by atoms with E-state index in [0.717, 1.165) is 0 Å². The standard InChI is InChI=1S/C12H13ClO3/c1-2-8(12(15)16)7-11(14)9-3-5-10(13)6-4-9/h3-6,8H,2,7H2,1H3,(H,15,16). The summed E-state index contributed by atoms with van der Waals surface area (Å²) in [6.45, 7) is 1.76. The molecular weight excluding hydrogens is 228 g/mol. The second kappa shape index (κ2) is 5.66. The summed E-state index contributed by atoms with van der Waals surface area (Å²) in [5, 5.41) is 9.40. The van der Waals surface area contributed by atoms with Gasteiger partial charge in [-0.3, -0.25) is 9.59 Å². The highest BCUT2D eigenvalue weighted by Crippen LogP contribution is 2.15. The Bertz CT molecular complexity index is 384. The van der Waals surface area contributed by atoms with Crippen LogP contribution in [0.5, 0.6) is 0 Å². The van der Waals surface area contributed by atoms with Crippen LogP contribution in [0.3, 0.4) is 0 Å². The zero-order valence-corrected chi connectivity index (χ0v) is 9.70. The van der Waals surface area contributed by atoms with Crippen LogP contribution in [0.4, 0.5) is 0 Å². The molecule has 0 saturated heterocycles. The summed E-state index contributed by atoms with van der Waals surface area (Å²) >= 11 is 5.69. The van der Waals surface area contributed by atoms with Crippen molar-refractivity contribution in [3.05, 3.63) is 34.9 Å². The van der Waals surface area contributed by atoms with Crippen molar-refractivity contribution in [2.75, 3.05) is 0 Å². The van der Waals surface area contributed by atoms with Crippen LogP contribution in [0.15, 0.2) is 24.3 Å². The van der Waals surface area contributed by atoms with Crippen molar-refractivity contribution in [1.82, 2.24) is 0 Å². The quantitative estimate of drug-likeness (QED) is 0.805. The van der Waals surface area contributed by atoms with Gasteiger partial charge in [0.1, 0.15) is 0 Å². The monoisotopic (exact) mass is 240 g/mol. The molecule has 1 atom stereocenters. The molecule has 86 valence electrons. The topological polar surface area (TPSA) is 54.4 Å². The highest BCUT2D eigenvalue weighted by atomic mass is 35.5. The second-order valence-electron chi connectivity index (χ2n) is 3.58. The third-order valence-electron chi connectivity index (χ3n) is 2.44. The Hall–Kier alpha value is -1.35. The number of carbonyl (C=O) groups is 2. The van der Waals surface area contributed by atoms with E-state index in [4.69, 9.17) is 16.7 Å². The predicted octanol–water partition coefficient (Wildman–Crippen LogP) is 3.02. The van der Waals surface area contributed by atoms with E-state index in [1.165, 1.54) is 0 Å². The minimum absolute atomic E-state index is 0.0352. The summed E-state index contributed by atoms with van der Waals surface area (Å²) < 4.78 is 0. The third kappa shape index (κ3) is 3.35. The number of benzene rings is 1. The first-order valence-corrected chi connectivity index (χ1v) is 5.44. The maximum absolute atomic E-state index is 11.7. The van der Waals surface area contributed by atoms with E-state index in [-0.39, 0.29) is 12.2 Å². The molecule has 0 heterocycles. The summed E-state index contributed by atoms with van der Waals surface area (Å²) in [5.74, 6) is -1.70. The number of carboxylic acid groups (broad SMARTS) is 1. The van der Waals surface area contributed by atoms with Crippen LogP contribution in [0.1, 0.15) is 30.1 Å². The first kappa shape index (κ1) is 12.7. The Balaban J connectivity index is 2.71.